The molecule has 1 unspecified atom stereocenters. The van der Waals surface area contributed by atoms with E-state index in [0.717, 1.165) is 24.6 Å². The van der Waals surface area contributed by atoms with Crippen molar-refractivity contribution in [2.24, 2.45) is 5.92 Å². The third-order valence-corrected chi connectivity index (χ3v) is 6.95. The fraction of sp³-hybridized carbons (Fsp3) is 0.550. The Morgan fingerprint density at radius 1 is 1.26 bits per heavy atom. The molecule has 1 atom stereocenters. The molecule has 0 aliphatic heterocycles. The zero-order valence-electron chi connectivity index (χ0n) is 17.2. The summed E-state index contributed by atoms with van der Waals surface area (Å²) in [6, 6.07) is 4.50. The quantitative estimate of drug-likeness (QED) is 0.544. The van der Waals surface area contributed by atoms with E-state index in [1.54, 1.807) is 18.2 Å². The maximum absolute atomic E-state index is 12.6. The van der Waals surface area contributed by atoms with Crippen LogP contribution in [0.2, 0.25) is 10.0 Å². The Balaban J connectivity index is 1.50. The Bertz CT molecular complexity index is 884. The van der Waals surface area contributed by atoms with Crippen molar-refractivity contribution in [1.82, 2.24) is 25.5 Å². The second kappa shape index (κ2) is 11.7. The summed E-state index contributed by atoms with van der Waals surface area (Å²) in [6.45, 7) is 2.09. The first kappa shape index (κ1) is 23.8. The molecule has 0 bridgehead atoms. The van der Waals surface area contributed by atoms with Crippen LogP contribution in [0.25, 0.3) is 0 Å². The number of hydrogen-bond donors (Lipinski definition) is 1. The van der Waals surface area contributed by atoms with Crippen molar-refractivity contribution in [2.45, 2.75) is 68.1 Å². The summed E-state index contributed by atoms with van der Waals surface area (Å²) in [7, 11) is 0. The molecule has 0 radical (unpaired) electrons. The number of hydrogen-bond acceptors (Lipinski definition) is 7. The van der Waals surface area contributed by atoms with Crippen LogP contribution in [0.3, 0.4) is 0 Å². The second-order valence-electron chi connectivity index (χ2n) is 7.43. The van der Waals surface area contributed by atoms with Gasteiger partial charge in [0.1, 0.15) is 6.54 Å². The van der Waals surface area contributed by atoms with Gasteiger partial charge in [0.25, 0.3) is 0 Å². The number of ether oxygens (including phenoxy) is 1. The summed E-state index contributed by atoms with van der Waals surface area (Å²) < 4.78 is 5.33. The molecule has 1 aliphatic carbocycles. The van der Waals surface area contributed by atoms with E-state index in [4.69, 9.17) is 27.9 Å². The van der Waals surface area contributed by atoms with E-state index in [2.05, 4.69) is 20.7 Å². The lowest BCUT2D eigenvalue weighted by molar-refractivity contribution is -0.122. The summed E-state index contributed by atoms with van der Waals surface area (Å²) >= 11 is 13.5. The lowest BCUT2D eigenvalue weighted by Gasteiger charge is -2.22. The van der Waals surface area contributed by atoms with E-state index in [1.165, 1.54) is 24.1 Å². The lowest BCUT2D eigenvalue weighted by atomic mass is 9.90. The van der Waals surface area contributed by atoms with Crippen molar-refractivity contribution in [3.05, 3.63) is 28.2 Å². The number of ketones is 1. The molecule has 1 aromatic heterocycles. The van der Waals surface area contributed by atoms with Crippen molar-refractivity contribution in [2.75, 3.05) is 6.61 Å². The van der Waals surface area contributed by atoms with E-state index in [-0.39, 0.29) is 12.3 Å². The van der Waals surface area contributed by atoms with Gasteiger partial charge in [0.15, 0.2) is 5.78 Å². The minimum Gasteiger partial charge on any atom is -0.449 e. The molecule has 11 heteroatoms. The normalized spacial score (nSPS) is 15.5. The molecule has 1 fully saturated rings. The Morgan fingerprint density at radius 3 is 2.65 bits per heavy atom. The first-order chi connectivity index (χ1) is 15.0. The topological polar surface area (TPSA) is 99.0 Å². The standard InChI is InChI=1S/C20H25Cl2N5O3S/c1-2-16(23-20(29)30-12-13-7-4-3-5-8-13)17(28)11-27-25-19(24-26-27)31-18-14(21)9-6-10-15(18)22/h6,9-10,13,16H,2-5,7-8,11-12H2,1H3,(H,23,29). The minimum atomic E-state index is -0.682. The fourth-order valence-corrected chi connectivity index (χ4v) is 4.75. The van der Waals surface area contributed by atoms with Crippen LogP contribution in [-0.4, -0.2) is 44.7 Å². The van der Waals surface area contributed by atoms with Crippen LogP contribution in [0.4, 0.5) is 4.79 Å². The minimum absolute atomic E-state index is 0.120. The smallest absolute Gasteiger partial charge is 0.407 e. The molecule has 0 spiro atoms. The van der Waals surface area contributed by atoms with Crippen molar-refractivity contribution in [1.29, 1.82) is 0 Å². The van der Waals surface area contributed by atoms with Crippen molar-refractivity contribution < 1.29 is 14.3 Å². The van der Waals surface area contributed by atoms with Gasteiger partial charge in [0.2, 0.25) is 5.16 Å². The largest absolute Gasteiger partial charge is 0.449 e. The van der Waals surface area contributed by atoms with E-state index in [0.29, 0.717) is 39.0 Å². The maximum Gasteiger partial charge on any atom is 0.407 e. The zero-order chi connectivity index (χ0) is 22.2. The van der Waals surface area contributed by atoms with Crippen LogP contribution in [-0.2, 0) is 16.1 Å². The number of carbonyl (C=O) groups excluding carboxylic acids is 2. The van der Waals surface area contributed by atoms with Gasteiger partial charge in [0, 0.05) is 0 Å². The SMILES string of the molecule is CCC(NC(=O)OCC1CCCCC1)C(=O)Cn1nnc(Sc2c(Cl)cccc2Cl)n1. The summed E-state index contributed by atoms with van der Waals surface area (Å²) in [6.07, 6.45) is 5.64. The number of nitrogens with one attached hydrogen (secondary N) is 1. The Kier molecular flexibility index (Phi) is 8.98. The molecule has 1 amide bonds. The molecule has 1 aliphatic rings. The Morgan fingerprint density at radius 2 is 1.97 bits per heavy atom. The van der Waals surface area contributed by atoms with Gasteiger partial charge in [-0.1, -0.05) is 55.5 Å². The summed E-state index contributed by atoms with van der Waals surface area (Å²) in [5, 5.41) is 16.0. The van der Waals surface area contributed by atoms with Crippen molar-refractivity contribution >= 4 is 46.8 Å². The molecule has 0 saturated heterocycles. The van der Waals surface area contributed by atoms with Crippen molar-refractivity contribution in [3.8, 4) is 0 Å². The number of benzene rings is 1. The predicted molar refractivity (Wildman–Crippen MR) is 119 cm³/mol. The Labute approximate surface area is 195 Å². The predicted octanol–water partition coefficient (Wildman–Crippen LogP) is 4.79. The van der Waals surface area contributed by atoms with Crippen LogP contribution in [0, 0.1) is 5.92 Å². The average molecular weight is 486 g/mol. The van der Waals surface area contributed by atoms with Gasteiger partial charge in [-0.25, -0.2) is 4.79 Å². The zero-order valence-corrected chi connectivity index (χ0v) is 19.5. The summed E-state index contributed by atoms with van der Waals surface area (Å²) in [5.74, 6) is 0.180. The van der Waals surface area contributed by atoms with Crippen LogP contribution in [0.5, 0.6) is 0 Å². The van der Waals surface area contributed by atoms with Crippen LogP contribution in [0.15, 0.2) is 28.3 Å². The van der Waals surface area contributed by atoms with Crippen molar-refractivity contribution in [3.63, 3.8) is 0 Å². The molecule has 8 nitrogen and oxygen atoms in total. The summed E-state index contributed by atoms with van der Waals surface area (Å²) in [5.41, 5.74) is 0. The van der Waals surface area contributed by atoms with E-state index in [1.807, 2.05) is 6.92 Å². The first-order valence-electron chi connectivity index (χ1n) is 10.3. The second-order valence-corrected chi connectivity index (χ2v) is 9.22. The first-order valence-corrected chi connectivity index (χ1v) is 11.9. The highest BCUT2D eigenvalue weighted by molar-refractivity contribution is 7.99. The van der Waals surface area contributed by atoms with Crippen LogP contribution in [0.1, 0.15) is 45.4 Å². The van der Waals surface area contributed by atoms with Crippen LogP contribution < -0.4 is 5.32 Å². The number of amides is 1. The molecule has 1 N–H and O–H groups in total. The fourth-order valence-electron chi connectivity index (χ4n) is 3.40. The number of nitrogens with zero attached hydrogens (tertiary/aromatic N) is 4. The number of rotatable bonds is 9. The average Bonchev–Trinajstić information content (AvgIpc) is 3.20. The number of aromatic nitrogens is 4. The molecule has 3 rings (SSSR count). The monoisotopic (exact) mass is 485 g/mol. The number of Topliss-reactive ketones (excluding diaryl/α,β-unsaturated/α-hetero) is 1. The highest BCUT2D eigenvalue weighted by Gasteiger charge is 2.22. The number of halogens is 2. The molecule has 2 aromatic rings. The maximum atomic E-state index is 12.6. The van der Waals surface area contributed by atoms with Gasteiger partial charge in [-0.2, -0.15) is 4.80 Å². The molecular formula is C20H25Cl2N5O3S. The molecule has 1 heterocycles. The molecule has 1 saturated carbocycles. The van der Waals surface area contributed by atoms with E-state index >= 15 is 0 Å². The highest BCUT2D eigenvalue weighted by Crippen LogP contribution is 2.36. The van der Waals surface area contributed by atoms with Gasteiger partial charge in [-0.3, -0.25) is 4.79 Å². The molecule has 31 heavy (non-hydrogen) atoms. The number of alkyl carbamates (subject to hydrolysis) is 1. The lowest BCUT2D eigenvalue weighted by Crippen LogP contribution is -2.42. The summed E-state index contributed by atoms with van der Waals surface area (Å²) in [4.78, 5) is 26.5. The van der Waals surface area contributed by atoms with Gasteiger partial charge < -0.3 is 10.1 Å². The number of tetrazole rings is 1. The van der Waals surface area contributed by atoms with Gasteiger partial charge in [-0.05, 0) is 54.3 Å². The third kappa shape index (κ3) is 7.08. The Hall–Kier alpha value is -1.84. The number of carbonyl (C=O) groups is 2. The molecular weight excluding hydrogens is 461 g/mol. The van der Waals surface area contributed by atoms with Crippen LogP contribution >= 0.6 is 35.0 Å². The third-order valence-electron chi connectivity index (χ3n) is 5.11. The van der Waals surface area contributed by atoms with Gasteiger partial charge >= 0.3 is 6.09 Å². The van der Waals surface area contributed by atoms with Gasteiger partial charge in [0.05, 0.1) is 27.6 Å². The van der Waals surface area contributed by atoms with Gasteiger partial charge in [-0.15, -0.1) is 10.2 Å². The molecule has 1 aromatic carbocycles. The molecule has 168 valence electrons. The van der Waals surface area contributed by atoms with E-state index in [9.17, 15) is 9.59 Å². The highest BCUT2D eigenvalue weighted by atomic mass is 35.5. The van der Waals surface area contributed by atoms with E-state index < -0.39 is 12.1 Å².